The molecule has 5 aromatic heterocycles. The van der Waals surface area contributed by atoms with Gasteiger partial charge < -0.3 is 34.2 Å². The summed E-state index contributed by atoms with van der Waals surface area (Å²) in [5.74, 6) is 0.373. The van der Waals surface area contributed by atoms with Crippen LogP contribution in [0.2, 0.25) is 0 Å². The third-order valence-electron chi connectivity index (χ3n) is 12.0. The number of hydrogen-bond acceptors (Lipinski definition) is 12. The lowest BCUT2D eigenvalue weighted by Crippen LogP contribution is -2.72. The molecular formula is C40H41F2N13O3. The average molecular weight is 790 g/mol. The minimum absolute atomic E-state index is 0.00293. The van der Waals surface area contributed by atoms with Gasteiger partial charge in [-0.1, -0.05) is 6.07 Å². The number of hydrogen-bond donors (Lipinski definition) is 1. The zero-order valence-electron chi connectivity index (χ0n) is 32.4. The van der Waals surface area contributed by atoms with E-state index in [0.29, 0.717) is 67.4 Å². The van der Waals surface area contributed by atoms with E-state index >= 15 is 4.39 Å². The molecule has 18 heteroatoms. The summed E-state index contributed by atoms with van der Waals surface area (Å²) >= 11 is 0. The number of imidazole rings is 1. The first-order chi connectivity index (χ1) is 28.1. The van der Waals surface area contributed by atoms with E-state index in [9.17, 15) is 14.0 Å². The molecule has 11 rings (SSSR count). The Morgan fingerprint density at radius 2 is 1.81 bits per heavy atom. The largest absolute Gasteiger partial charge is 0.378 e. The van der Waals surface area contributed by atoms with Crippen LogP contribution in [0.4, 0.5) is 26.4 Å². The number of nitrogens with one attached hydrogen (secondary N) is 1. The number of fused-ring (bicyclic) bond motifs is 8. The third kappa shape index (κ3) is 5.71. The summed E-state index contributed by atoms with van der Waals surface area (Å²) in [6, 6.07) is 9.42. The van der Waals surface area contributed by atoms with Crippen LogP contribution in [-0.2, 0) is 20.9 Å². The van der Waals surface area contributed by atoms with E-state index in [1.165, 1.54) is 10.7 Å². The molecule has 298 valence electrons. The number of nitrogens with zero attached hydrogens (tertiary/aromatic N) is 12. The lowest BCUT2D eigenvalue weighted by atomic mass is 9.87. The predicted octanol–water partition coefficient (Wildman–Crippen LogP) is 3.56. The highest BCUT2D eigenvalue weighted by molar-refractivity contribution is 5.95. The third-order valence-corrected chi connectivity index (χ3v) is 12.0. The quantitative estimate of drug-likeness (QED) is 0.272. The number of aromatic nitrogens is 8. The van der Waals surface area contributed by atoms with E-state index in [0.717, 1.165) is 29.0 Å². The van der Waals surface area contributed by atoms with Gasteiger partial charge in [-0.15, -0.1) is 0 Å². The number of halogens is 2. The van der Waals surface area contributed by atoms with Gasteiger partial charge in [0.15, 0.2) is 11.5 Å². The topological polar surface area (TPSA) is 156 Å². The van der Waals surface area contributed by atoms with Crippen molar-refractivity contribution in [3.63, 3.8) is 0 Å². The van der Waals surface area contributed by atoms with Crippen LogP contribution in [0.5, 0.6) is 0 Å². The van der Waals surface area contributed by atoms with Crippen LogP contribution in [0.1, 0.15) is 25.6 Å². The number of ether oxygens (including phenoxy) is 1. The fraction of sp³-hybridized carbons (Fsp3) is 0.400. The second kappa shape index (κ2) is 13.7. The monoisotopic (exact) mass is 789 g/mol. The smallest absolute Gasteiger partial charge is 0.245 e. The molecule has 2 amide bonds. The number of aryl methyl sites for hydroxylation is 1. The van der Waals surface area contributed by atoms with E-state index in [2.05, 4.69) is 15.0 Å². The molecule has 10 heterocycles. The molecule has 1 unspecified atom stereocenters. The van der Waals surface area contributed by atoms with Crippen molar-refractivity contribution in [2.75, 3.05) is 55.5 Å². The summed E-state index contributed by atoms with van der Waals surface area (Å²) in [5, 5.41) is 8.60. The van der Waals surface area contributed by atoms with Gasteiger partial charge in [0.25, 0.3) is 0 Å². The molecule has 6 bridgehead atoms. The SMILES string of the molecule is CCN1C[C@H]2CC(C1=O)N2c1nc(N2C[C@@H]3C[C@H]2C(=O)N(C)C[C@H](OC)Cn2c(C)nc4ccnc(c42)-c2cccc(n2)N3)c2cnn(-c3ccc(F)cc3F)c2n1. The predicted molar refractivity (Wildman–Crippen MR) is 211 cm³/mol. The van der Waals surface area contributed by atoms with E-state index in [1.807, 2.05) is 52.8 Å². The molecule has 0 spiro atoms. The molecule has 0 saturated carbocycles. The lowest BCUT2D eigenvalue weighted by Gasteiger charge is -2.55. The molecule has 4 fully saturated rings. The van der Waals surface area contributed by atoms with Gasteiger partial charge in [0.2, 0.25) is 17.8 Å². The number of anilines is 3. The summed E-state index contributed by atoms with van der Waals surface area (Å²) in [6.07, 6.45) is 3.93. The van der Waals surface area contributed by atoms with E-state index in [1.54, 1.807) is 31.5 Å². The van der Waals surface area contributed by atoms with Crippen LogP contribution >= 0.6 is 0 Å². The standard InChI is InChI=1S/C40H41F2N13O3/c1-5-51-18-24-15-32(39(51)57)54(24)40-48-36(26-16-44-55(37(26)49-40)30-10-9-22(41)13-27(30)42)53-17-23-14-31(53)38(56)50(3)19-25(58-4)20-52-21(2)45-29-11-12-43-34(35(29)52)28-7-6-8-33(46-23)47-28/h6-13,16,23-25,31-32H,5,14-15,17-20H2,1-4H3,(H,46,47)/t23-,24+,25-,31-,32?/m0/s1. The van der Waals surface area contributed by atoms with Crippen LogP contribution in [0.15, 0.2) is 54.9 Å². The van der Waals surface area contributed by atoms with Gasteiger partial charge in [0.1, 0.15) is 46.7 Å². The molecule has 5 aliphatic heterocycles. The van der Waals surface area contributed by atoms with Crippen molar-refractivity contribution in [2.24, 2.45) is 0 Å². The molecule has 0 radical (unpaired) electrons. The maximum atomic E-state index is 15.4. The number of amides is 2. The van der Waals surface area contributed by atoms with Crippen molar-refractivity contribution in [2.45, 2.75) is 63.5 Å². The summed E-state index contributed by atoms with van der Waals surface area (Å²) in [5.41, 5.74) is 3.23. The summed E-state index contributed by atoms with van der Waals surface area (Å²) in [7, 11) is 3.40. The number of carbonyl (C=O) groups excluding carboxylic acids is 2. The highest BCUT2D eigenvalue weighted by Crippen LogP contribution is 2.40. The van der Waals surface area contributed by atoms with Crippen molar-refractivity contribution >= 4 is 51.5 Å². The molecule has 16 nitrogen and oxygen atoms in total. The first-order valence-electron chi connectivity index (χ1n) is 19.5. The number of likely N-dealkylation sites (N-methyl/N-ethyl adjacent to an activating group) is 2. The Bertz CT molecular complexity index is 2630. The molecular weight excluding hydrogens is 749 g/mol. The zero-order chi connectivity index (χ0) is 40.0. The van der Waals surface area contributed by atoms with Gasteiger partial charge in [-0.3, -0.25) is 14.6 Å². The fourth-order valence-electron chi connectivity index (χ4n) is 9.10. The summed E-state index contributed by atoms with van der Waals surface area (Å²) in [4.78, 5) is 60.3. The first kappa shape index (κ1) is 36.1. The van der Waals surface area contributed by atoms with Crippen molar-refractivity contribution in [1.29, 1.82) is 0 Å². The van der Waals surface area contributed by atoms with Crippen molar-refractivity contribution in [3.8, 4) is 17.1 Å². The second-order valence-corrected chi connectivity index (χ2v) is 15.5. The highest BCUT2D eigenvalue weighted by atomic mass is 19.1. The molecule has 1 aromatic carbocycles. The fourth-order valence-corrected chi connectivity index (χ4v) is 9.10. The molecule has 5 atom stereocenters. The Morgan fingerprint density at radius 1 is 0.948 bits per heavy atom. The molecule has 0 aliphatic carbocycles. The molecule has 6 aromatic rings. The molecule has 5 aliphatic rings. The van der Waals surface area contributed by atoms with Crippen LogP contribution in [0, 0.1) is 18.6 Å². The highest BCUT2D eigenvalue weighted by Gasteiger charge is 2.52. The normalized spacial score (nSPS) is 23.3. The van der Waals surface area contributed by atoms with Gasteiger partial charge in [-0.05, 0) is 57.0 Å². The molecule has 4 saturated heterocycles. The molecule has 1 N–H and O–H groups in total. The number of rotatable bonds is 5. The van der Waals surface area contributed by atoms with Gasteiger partial charge >= 0.3 is 0 Å². The zero-order valence-corrected chi connectivity index (χ0v) is 32.4. The summed E-state index contributed by atoms with van der Waals surface area (Å²) in [6.45, 7) is 6.03. The minimum Gasteiger partial charge on any atom is -0.378 e. The van der Waals surface area contributed by atoms with Gasteiger partial charge in [-0.2, -0.15) is 15.1 Å². The van der Waals surface area contributed by atoms with Crippen molar-refractivity contribution in [3.05, 3.63) is 72.3 Å². The average Bonchev–Trinajstić information content (AvgIpc) is 3.91. The number of methoxy groups -OCH3 is 1. The molecule has 58 heavy (non-hydrogen) atoms. The summed E-state index contributed by atoms with van der Waals surface area (Å²) < 4.78 is 38.9. The Morgan fingerprint density at radius 3 is 2.60 bits per heavy atom. The van der Waals surface area contributed by atoms with Crippen molar-refractivity contribution in [1.82, 2.24) is 49.1 Å². The van der Waals surface area contributed by atoms with Gasteiger partial charge in [0, 0.05) is 58.6 Å². The van der Waals surface area contributed by atoms with Crippen molar-refractivity contribution < 1.29 is 23.1 Å². The Balaban J connectivity index is 1.10. The van der Waals surface area contributed by atoms with Crippen LogP contribution in [0.25, 0.3) is 39.1 Å². The maximum Gasteiger partial charge on any atom is 0.245 e. The second-order valence-electron chi connectivity index (χ2n) is 15.5. The minimum atomic E-state index is -0.818. The number of carbonyl (C=O) groups is 2. The van der Waals surface area contributed by atoms with E-state index in [4.69, 9.17) is 29.7 Å². The number of piperidine rings is 1. The first-order valence-corrected chi connectivity index (χ1v) is 19.5. The lowest BCUT2D eigenvalue weighted by molar-refractivity contribution is -0.139. The number of piperazine rings is 1. The van der Waals surface area contributed by atoms with Gasteiger partial charge in [-0.25, -0.2) is 23.4 Å². The maximum absolute atomic E-state index is 15.4. The van der Waals surface area contributed by atoms with Crippen LogP contribution < -0.4 is 15.1 Å². The van der Waals surface area contributed by atoms with E-state index in [-0.39, 0.29) is 47.7 Å². The van der Waals surface area contributed by atoms with Gasteiger partial charge in [0.05, 0.1) is 47.0 Å². The Hall–Kier alpha value is -6.30. The van der Waals surface area contributed by atoms with E-state index < -0.39 is 29.8 Å². The Kier molecular flexibility index (Phi) is 8.50. The van der Waals surface area contributed by atoms with Crippen LogP contribution in [-0.4, -0.2) is 131 Å². The number of pyridine rings is 2. The van der Waals surface area contributed by atoms with Crippen LogP contribution in [0.3, 0.4) is 0 Å². The number of benzene rings is 1. The Labute approximate surface area is 331 Å².